The highest BCUT2D eigenvalue weighted by atomic mass is 32.1. The second kappa shape index (κ2) is 7.97. The van der Waals surface area contributed by atoms with Crippen LogP contribution in [0.5, 0.6) is 0 Å². The van der Waals surface area contributed by atoms with Gasteiger partial charge in [0, 0.05) is 9.75 Å². The number of hydrogen-bond donors (Lipinski definition) is 0. The van der Waals surface area contributed by atoms with E-state index in [1.165, 1.54) is 12.1 Å². The molecule has 2 nitrogen and oxygen atoms in total. The van der Waals surface area contributed by atoms with Gasteiger partial charge in [0.25, 0.3) is 0 Å². The maximum Gasteiger partial charge on any atom is 0.155 e. The van der Waals surface area contributed by atoms with Crippen LogP contribution < -0.4 is 0 Å². The number of rotatable bonds is 4. The zero-order valence-corrected chi connectivity index (χ0v) is 19.5. The predicted molar refractivity (Wildman–Crippen MR) is 133 cm³/mol. The topological polar surface area (TPSA) is 25.8 Å². The van der Waals surface area contributed by atoms with Crippen molar-refractivity contribution in [1.82, 2.24) is 9.97 Å². The molecule has 2 aromatic carbocycles. The molecule has 6 aromatic rings. The van der Waals surface area contributed by atoms with E-state index in [2.05, 4.69) is 0 Å². The van der Waals surface area contributed by atoms with Gasteiger partial charge in [-0.3, -0.25) is 0 Å². The van der Waals surface area contributed by atoms with Crippen LogP contribution in [0.4, 0.5) is 8.78 Å². The highest BCUT2D eigenvalue weighted by Gasteiger charge is 2.16. The number of hydrogen-bond acceptors (Lipinski definition) is 6. The second-order valence-electron chi connectivity index (χ2n) is 7.00. The van der Waals surface area contributed by atoms with Gasteiger partial charge in [0.05, 0.1) is 9.75 Å². The van der Waals surface area contributed by atoms with Crippen LogP contribution in [-0.4, -0.2) is 9.97 Å². The van der Waals surface area contributed by atoms with Crippen LogP contribution in [0.1, 0.15) is 0 Å². The van der Waals surface area contributed by atoms with Gasteiger partial charge in [0.1, 0.15) is 21.6 Å². The molecule has 0 fully saturated rings. The Morgan fingerprint density at radius 2 is 0.938 bits per heavy atom. The largest absolute Gasteiger partial charge is 0.222 e. The number of nitrogens with zero attached hydrogens (tertiary/aromatic N) is 2. The van der Waals surface area contributed by atoms with Crippen molar-refractivity contribution in [1.29, 1.82) is 0 Å². The molecular weight excluding hydrogens is 483 g/mol. The first-order valence-electron chi connectivity index (χ1n) is 9.62. The average molecular weight is 495 g/mol. The summed E-state index contributed by atoms with van der Waals surface area (Å²) < 4.78 is 27.1. The Morgan fingerprint density at radius 1 is 0.500 bits per heavy atom. The van der Waals surface area contributed by atoms with Gasteiger partial charge in [0.15, 0.2) is 9.66 Å². The lowest BCUT2D eigenvalue weighted by Gasteiger charge is -1.96. The zero-order chi connectivity index (χ0) is 21.7. The number of aromatic nitrogens is 2. The van der Waals surface area contributed by atoms with Crippen LogP contribution in [0.3, 0.4) is 0 Å². The molecule has 0 bridgehead atoms. The molecule has 6 rings (SSSR count). The molecular formula is C24H12F2N2S4. The van der Waals surface area contributed by atoms with E-state index >= 15 is 0 Å². The van der Waals surface area contributed by atoms with Crippen LogP contribution in [-0.2, 0) is 0 Å². The first-order chi connectivity index (χ1) is 15.6. The number of benzene rings is 2. The highest BCUT2D eigenvalue weighted by molar-refractivity contribution is 7.32. The third-order valence-corrected chi connectivity index (χ3v) is 9.46. The first-order valence-corrected chi connectivity index (χ1v) is 12.9. The summed E-state index contributed by atoms with van der Waals surface area (Å²) in [6.07, 6.45) is 0. The van der Waals surface area contributed by atoms with Crippen molar-refractivity contribution in [3.63, 3.8) is 0 Å². The molecule has 0 spiro atoms. The lowest BCUT2D eigenvalue weighted by molar-refractivity contribution is 0.628. The van der Waals surface area contributed by atoms with Crippen molar-refractivity contribution in [2.24, 2.45) is 0 Å². The van der Waals surface area contributed by atoms with Gasteiger partial charge in [-0.2, -0.15) is 0 Å². The fourth-order valence-corrected chi connectivity index (χ4v) is 7.51. The fraction of sp³-hybridized carbons (Fsp3) is 0. The van der Waals surface area contributed by atoms with E-state index in [-0.39, 0.29) is 11.6 Å². The molecule has 0 atom stereocenters. The minimum atomic E-state index is -0.238. The lowest BCUT2D eigenvalue weighted by atomic mass is 10.2. The second-order valence-corrected chi connectivity index (χ2v) is 11.1. The summed E-state index contributed by atoms with van der Waals surface area (Å²) in [6, 6.07) is 21.3. The third-order valence-electron chi connectivity index (χ3n) is 4.83. The Morgan fingerprint density at radius 3 is 1.38 bits per heavy atom. The Bertz CT molecular complexity index is 1430. The summed E-state index contributed by atoms with van der Waals surface area (Å²) in [5.41, 5.74) is 1.73. The number of halogens is 2. The minimum Gasteiger partial charge on any atom is -0.222 e. The molecule has 0 unspecified atom stereocenters. The Kier molecular flexibility index (Phi) is 4.95. The Hall–Kier alpha value is -2.78. The molecule has 0 radical (unpaired) electrons. The van der Waals surface area contributed by atoms with Gasteiger partial charge in [-0.15, -0.1) is 22.7 Å². The van der Waals surface area contributed by atoms with E-state index in [0.29, 0.717) is 0 Å². The highest BCUT2D eigenvalue weighted by Crippen LogP contribution is 2.42. The summed E-state index contributed by atoms with van der Waals surface area (Å²) >= 11 is 6.32. The van der Waals surface area contributed by atoms with Crippen LogP contribution in [0.25, 0.3) is 50.3 Å². The summed E-state index contributed by atoms with van der Waals surface area (Å²) in [4.78, 5) is 15.5. The van der Waals surface area contributed by atoms with Crippen molar-refractivity contribution >= 4 is 55.0 Å². The quantitative estimate of drug-likeness (QED) is 0.245. The molecule has 4 aromatic heterocycles. The molecule has 4 heterocycles. The van der Waals surface area contributed by atoms with Gasteiger partial charge in [-0.25, -0.2) is 18.7 Å². The van der Waals surface area contributed by atoms with Gasteiger partial charge in [0.2, 0.25) is 0 Å². The molecule has 0 saturated heterocycles. The van der Waals surface area contributed by atoms with Gasteiger partial charge < -0.3 is 0 Å². The van der Waals surface area contributed by atoms with Crippen molar-refractivity contribution in [3.05, 3.63) is 84.4 Å². The SMILES string of the molecule is Fc1cccc(-c2ccc(-c3nc4sc(-c5ccc(-c6cccc(F)c6)s5)nc4s3)s2)c1. The minimum absolute atomic E-state index is 0.238. The Balaban J connectivity index is 1.29. The van der Waals surface area contributed by atoms with Gasteiger partial charge in [-0.1, -0.05) is 46.9 Å². The molecule has 156 valence electrons. The van der Waals surface area contributed by atoms with E-state index in [4.69, 9.17) is 9.97 Å². The van der Waals surface area contributed by atoms with Crippen molar-refractivity contribution in [3.8, 4) is 40.7 Å². The number of thiophene rings is 2. The summed E-state index contributed by atoms with van der Waals surface area (Å²) in [5, 5.41) is 1.84. The molecule has 0 amide bonds. The van der Waals surface area contributed by atoms with E-state index < -0.39 is 0 Å². The zero-order valence-electron chi connectivity index (χ0n) is 16.2. The number of thiazole rings is 2. The average Bonchev–Trinajstić information content (AvgIpc) is 3.56. The summed E-state index contributed by atoms with van der Waals surface area (Å²) in [5.74, 6) is -0.476. The van der Waals surface area contributed by atoms with Crippen molar-refractivity contribution < 1.29 is 8.78 Å². The third kappa shape index (κ3) is 3.69. The molecule has 32 heavy (non-hydrogen) atoms. The van der Waals surface area contributed by atoms with E-state index in [1.54, 1.807) is 69.6 Å². The first kappa shape index (κ1) is 19.9. The van der Waals surface area contributed by atoms with Crippen LogP contribution in [0.2, 0.25) is 0 Å². The van der Waals surface area contributed by atoms with Crippen molar-refractivity contribution in [2.45, 2.75) is 0 Å². The van der Waals surface area contributed by atoms with Crippen LogP contribution in [0.15, 0.2) is 72.8 Å². The molecule has 0 aliphatic rings. The smallest absolute Gasteiger partial charge is 0.155 e. The maximum absolute atomic E-state index is 13.5. The normalized spacial score (nSPS) is 11.4. The number of fused-ring (bicyclic) bond motifs is 1. The lowest BCUT2D eigenvalue weighted by Crippen LogP contribution is -1.74. The molecule has 8 heteroatoms. The summed E-state index contributed by atoms with van der Waals surface area (Å²) in [7, 11) is 0. The van der Waals surface area contributed by atoms with Gasteiger partial charge in [-0.05, 0) is 59.7 Å². The summed E-state index contributed by atoms with van der Waals surface area (Å²) in [6.45, 7) is 0. The Labute approximate surface area is 198 Å². The van der Waals surface area contributed by atoms with Gasteiger partial charge >= 0.3 is 0 Å². The molecule has 0 saturated carbocycles. The van der Waals surface area contributed by atoms with E-state index in [0.717, 1.165) is 50.3 Å². The van der Waals surface area contributed by atoms with Crippen LogP contribution >= 0.6 is 45.3 Å². The molecule has 0 N–H and O–H groups in total. The molecule has 0 aliphatic carbocycles. The standard InChI is InChI=1S/C24H12F2N2S4/c25-15-5-1-3-13(11-15)17-7-9-19(29-17)21-27-23-24(31-21)28-22(32-23)20-10-8-18(30-20)14-4-2-6-16(26)12-14/h1-12H. The molecule has 0 aliphatic heterocycles. The monoisotopic (exact) mass is 494 g/mol. The van der Waals surface area contributed by atoms with E-state index in [9.17, 15) is 8.78 Å². The van der Waals surface area contributed by atoms with Crippen LogP contribution in [0, 0.1) is 11.6 Å². The van der Waals surface area contributed by atoms with E-state index in [1.807, 2.05) is 36.4 Å². The predicted octanol–water partition coefficient (Wildman–Crippen LogP) is 8.82. The fourth-order valence-electron chi connectivity index (χ4n) is 3.35. The van der Waals surface area contributed by atoms with Crippen molar-refractivity contribution in [2.75, 3.05) is 0 Å². The maximum atomic E-state index is 13.5.